The molecule has 312 valence electrons. The van der Waals surface area contributed by atoms with Crippen molar-refractivity contribution >= 4 is 59.9 Å². The summed E-state index contributed by atoms with van der Waals surface area (Å²) in [5.41, 5.74) is 10.4. The lowest BCUT2D eigenvalue weighted by atomic mass is 9.52. The van der Waals surface area contributed by atoms with Crippen LogP contribution in [0.3, 0.4) is 0 Å². The average Bonchev–Trinajstić information content (AvgIpc) is 3.58. The van der Waals surface area contributed by atoms with E-state index in [-0.39, 0.29) is 10.8 Å². The average molecular weight is 899 g/mol. The second kappa shape index (κ2) is 22.3. The van der Waals surface area contributed by atoms with Crippen molar-refractivity contribution in [2.45, 2.75) is 219 Å². The molecule has 2 heteroatoms. The smallest absolute Gasteiger partial charge is 0.0221 e. The Balaban J connectivity index is 1.56. The van der Waals surface area contributed by atoms with Crippen LogP contribution in [0.2, 0.25) is 0 Å². The molecule has 6 rings (SSSR count). The molecule has 3 aromatic rings. The number of hydrogen-bond donors (Lipinski definition) is 0. The number of fused-ring (bicyclic) bond motifs is 2. The Morgan fingerprint density at radius 1 is 0.491 bits per heavy atom. The quantitative estimate of drug-likeness (QED) is 0.0637. The molecule has 0 fully saturated rings. The summed E-state index contributed by atoms with van der Waals surface area (Å²) in [5.74, 6) is 0. The summed E-state index contributed by atoms with van der Waals surface area (Å²) in [4.78, 5) is 0. The SMILES string of the molecule is CCCCCCCCC1(CCCCCCCC)Cc2cc(Br)cc3ccc4c(c23)C1=C1C=c2ccc(Br)cc2=C1C4(CCCCCCCC)CCCCCCCC. The molecule has 3 aliphatic rings. The van der Waals surface area contributed by atoms with E-state index < -0.39 is 0 Å². The van der Waals surface area contributed by atoms with Crippen molar-refractivity contribution in [1.82, 2.24) is 0 Å². The highest BCUT2D eigenvalue weighted by Gasteiger charge is 2.51. The van der Waals surface area contributed by atoms with Crippen LogP contribution >= 0.6 is 31.9 Å². The molecule has 0 saturated heterocycles. The lowest BCUT2D eigenvalue weighted by Crippen LogP contribution is -2.41. The van der Waals surface area contributed by atoms with Gasteiger partial charge in [0, 0.05) is 19.8 Å². The summed E-state index contributed by atoms with van der Waals surface area (Å²) in [7, 11) is 0. The molecule has 0 saturated carbocycles. The standard InChI is InChI=1S/C55H78Br2/c1-5-9-13-17-21-25-33-54(34-26-22-18-14-10-6-2)41-44-38-46(57)37-43-30-32-49-51(50(43)44)53(54)48-39-42-29-31-45(56)40-47(42)52(48)55(49,35-27-23-19-15-11-7-3)36-28-24-20-16-12-8-4/h29-32,37-40H,5-28,33-36,41H2,1-4H3. The number of halogens is 2. The molecule has 0 amide bonds. The Bertz CT molecular complexity index is 1880. The van der Waals surface area contributed by atoms with Crippen molar-refractivity contribution in [3.63, 3.8) is 0 Å². The molecule has 0 unspecified atom stereocenters. The minimum absolute atomic E-state index is 0.0359. The summed E-state index contributed by atoms with van der Waals surface area (Å²) >= 11 is 8.04. The van der Waals surface area contributed by atoms with Gasteiger partial charge in [-0.25, -0.2) is 0 Å². The Kier molecular flexibility index (Phi) is 17.5. The third-order valence-electron chi connectivity index (χ3n) is 14.5. The van der Waals surface area contributed by atoms with Crippen molar-refractivity contribution in [3.05, 3.63) is 84.1 Å². The van der Waals surface area contributed by atoms with E-state index in [9.17, 15) is 0 Å². The van der Waals surface area contributed by atoms with E-state index in [1.165, 1.54) is 211 Å². The number of hydrogen-bond acceptors (Lipinski definition) is 0. The Morgan fingerprint density at radius 3 is 1.54 bits per heavy atom. The third kappa shape index (κ3) is 10.5. The van der Waals surface area contributed by atoms with Crippen molar-refractivity contribution in [2.75, 3.05) is 0 Å². The lowest BCUT2D eigenvalue weighted by molar-refractivity contribution is 0.303. The second-order valence-corrected chi connectivity index (χ2v) is 20.6. The molecule has 0 heterocycles. The number of unbranched alkanes of at least 4 members (excludes halogenated alkanes) is 20. The maximum Gasteiger partial charge on any atom is 0.0221 e. The van der Waals surface area contributed by atoms with Gasteiger partial charge in [-0.3, -0.25) is 0 Å². The minimum Gasteiger partial charge on any atom is -0.0654 e. The normalized spacial score (nSPS) is 16.0. The molecule has 0 aliphatic heterocycles. The highest BCUT2D eigenvalue weighted by molar-refractivity contribution is 9.10. The zero-order valence-electron chi connectivity index (χ0n) is 36.9. The van der Waals surface area contributed by atoms with E-state index in [2.05, 4.69) is 108 Å². The van der Waals surface area contributed by atoms with Crippen LogP contribution in [0.5, 0.6) is 0 Å². The molecule has 0 atom stereocenters. The van der Waals surface area contributed by atoms with Gasteiger partial charge in [0.15, 0.2) is 0 Å². The molecular formula is C55H78Br2. The molecule has 3 aromatic carbocycles. The van der Waals surface area contributed by atoms with Gasteiger partial charge in [0.2, 0.25) is 0 Å². The Morgan fingerprint density at radius 2 is 1.00 bits per heavy atom. The highest BCUT2D eigenvalue weighted by Crippen LogP contribution is 2.63. The van der Waals surface area contributed by atoms with Crippen molar-refractivity contribution in [1.29, 1.82) is 0 Å². The van der Waals surface area contributed by atoms with E-state index in [4.69, 9.17) is 0 Å². The van der Waals surface area contributed by atoms with Crippen LogP contribution in [0.1, 0.15) is 224 Å². The van der Waals surface area contributed by atoms with Gasteiger partial charge in [-0.2, -0.15) is 0 Å². The van der Waals surface area contributed by atoms with Gasteiger partial charge in [0.25, 0.3) is 0 Å². The van der Waals surface area contributed by atoms with Crippen molar-refractivity contribution < 1.29 is 0 Å². The predicted octanol–water partition coefficient (Wildman–Crippen LogP) is 17.6. The molecule has 57 heavy (non-hydrogen) atoms. The van der Waals surface area contributed by atoms with E-state index in [0.717, 1.165) is 0 Å². The molecule has 0 aromatic heterocycles. The van der Waals surface area contributed by atoms with Gasteiger partial charge >= 0.3 is 0 Å². The van der Waals surface area contributed by atoms with Gasteiger partial charge in [0.1, 0.15) is 0 Å². The van der Waals surface area contributed by atoms with E-state index in [0.29, 0.717) is 0 Å². The van der Waals surface area contributed by atoms with Crippen LogP contribution in [-0.2, 0) is 11.8 Å². The first-order chi connectivity index (χ1) is 27.9. The van der Waals surface area contributed by atoms with E-state index in [1.54, 1.807) is 38.8 Å². The van der Waals surface area contributed by atoms with Crippen LogP contribution < -0.4 is 10.4 Å². The molecule has 0 radical (unpaired) electrons. The van der Waals surface area contributed by atoms with Gasteiger partial charge in [-0.1, -0.05) is 232 Å². The van der Waals surface area contributed by atoms with Crippen molar-refractivity contribution in [2.24, 2.45) is 5.41 Å². The first kappa shape index (κ1) is 44.9. The first-order valence-corrected chi connectivity index (χ1v) is 26.0. The van der Waals surface area contributed by atoms with Crippen LogP contribution in [0, 0.1) is 5.41 Å². The summed E-state index contributed by atoms with van der Waals surface area (Å²) in [6.45, 7) is 9.40. The maximum atomic E-state index is 4.04. The third-order valence-corrected chi connectivity index (χ3v) is 15.5. The largest absolute Gasteiger partial charge is 0.0654 e. The number of allylic oxidation sites excluding steroid dienone is 2. The fraction of sp³-hybridized carbons (Fsp3) is 0.636. The van der Waals surface area contributed by atoms with Crippen LogP contribution in [0.25, 0.3) is 28.0 Å². The monoisotopic (exact) mass is 896 g/mol. The van der Waals surface area contributed by atoms with E-state index >= 15 is 0 Å². The first-order valence-electron chi connectivity index (χ1n) is 24.5. The maximum absolute atomic E-state index is 4.04. The Hall–Kier alpha value is -1.64. The van der Waals surface area contributed by atoms with Gasteiger partial charge in [-0.05, 0) is 117 Å². The van der Waals surface area contributed by atoms with E-state index in [1.807, 2.05) is 0 Å². The molecule has 3 aliphatic carbocycles. The fourth-order valence-electron chi connectivity index (χ4n) is 11.6. The predicted molar refractivity (Wildman–Crippen MR) is 260 cm³/mol. The topological polar surface area (TPSA) is 0 Å². The number of benzene rings is 3. The molecule has 0 nitrogen and oxygen atoms in total. The van der Waals surface area contributed by atoms with Crippen molar-refractivity contribution in [3.8, 4) is 0 Å². The van der Waals surface area contributed by atoms with Crippen LogP contribution in [-0.4, -0.2) is 0 Å². The van der Waals surface area contributed by atoms with Gasteiger partial charge in [0.05, 0.1) is 0 Å². The minimum atomic E-state index is 0.0359. The summed E-state index contributed by atoms with van der Waals surface area (Å²) < 4.78 is 2.49. The fourth-order valence-corrected chi connectivity index (χ4v) is 12.5. The molecule has 0 spiro atoms. The molecule has 0 N–H and O–H groups in total. The van der Waals surface area contributed by atoms with Gasteiger partial charge < -0.3 is 0 Å². The summed E-state index contributed by atoms with van der Waals surface area (Å²) in [5, 5.41) is 6.03. The zero-order chi connectivity index (χ0) is 40.1. The van der Waals surface area contributed by atoms with Crippen LogP contribution in [0.4, 0.5) is 0 Å². The highest BCUT2D eigenvalue weighted by atomic mass is 79.9. The van der Waals surface area contributed by atoms with Crippen LogP contribution in [0.15, 0.2) is 57.0 Å². The summed E-state index contributed by atoms with van der Waals surface area (Å²) in [6, 6.07) is 17.5. The lowest BCUT2D eigenvalue weighted by Gasteiger charge is -2.51. The molecular weight excluding hydrogens is 820 g/mol. The Labute approximate surface area is 366 Å². The summed E-state index contributed by atoms with van der Waals surface area (Å²) in [6.07, 6.45) is 41.7. The number of rotatable bonds is 28. The molecule has 0 bridgehead atoms. The second-order valence-electron chi connectivity index (χ2n) is 18.8. The zero-order valence-corrected chi connectivity index (χ0v) is 40.1. The van der Waals surface area contributed by atoms with Gasteiger partial charge in [-0.15, -0.1) is 0 Å².